The Bertz CT molecular complexity index is 434. The van der Waals surface area contributed by atoms with E-state index in [4.69, 9.17) is 5.11 Å². The largest absolute Gasteiger partial charge is 0.480 e. The van der Waals surface area contributed by atoms with Crippen LogP contribution in [0.15, 0.2) is 29.2 Å². The minimum Gasteiger partial charge on any atom is -0.480 e. The van der Waals surface area contributed by atoms with Crippen molar-refractivity contribution >= 4 is 23.6 Å². The highest BCUT2D eigenvalue weighted by atomic mass is 32.2. The standard InChI is InChI=1S/C13H17NO3S/c1-3-10(13(16)17)14-12(15)8-9-6-4-5-7-11(9)18-2/h4-7,10H,3,8H2,1-2H3,(H,14,15)(H,16,17). The molecule has 0 bridgehead atoms. The van der Waals surface area contributed by atoms with E-state index in [2.05, 4.69) is 5.32 Å². The van der Waals surface area contributed by atoms with Crippen LogP contribution in [0.1, 0.15) is 18.9 Å². The zero-order chi connectivity index (χ0) is 13.5. The van der Waals surface area contributed by atoms with E-state index in [9.17, 15) is 9.59 Å². The summed E-state index contributed by atoms with van der Waals surface area (Å²) < 4.78 is 0. The number of carbonyl (C=O) groups excluding carboxylic acids is 1. The molecular formula is C13H17NO3S. The molecule has 0 aliphatic rings. The number of hydrogen-bond donors (Lipinski definition) is 2. The van der Waals surface area contributed by atoms with Crippen molar-refractivity contribution in [2.24, 2.45) is 0 Å². The second kappa shape index (κ2) is 7.06. The van der Waals surface area contributed by atoms with Gasteiger partial charge in [-0.15, -0.1) is 11.8 Å². The summed E-state index contributed by atoms with van der Waals surface area (Å²) in [6.45, 7) is 1.73. The first-order chi connectivity index (χ1) is 8.58. The number of carbonyl (C=O) groups is 2. The summed E-state index contributed by atoms with van der Waals surface area (Å²) in [6.07, 6.45) is 2.54. The summed E-state index contributed by atoms with van der Waals surface area (Å²) in [5.74, 6) is -1.25. The molecule has 18 heavy (non-hydrogen) atoms. The van der Waals surface area contributed by atoms with Gasteiger partial charge in [-0.25, -0.2) is 4.79 Å². The minimum absolute atomic E-state index is 0.209. The van der Waals surface area contributed by atoms with E-state index in [0.29, 0.717) is 6.42 Å². The minimum atomic E-state index is -0.996. The third-order valence-corrected chi connectivity index (χ3v) is 3.42. The maximum Gasteiger partial charge on any atom is 0.326 e. The molecule has 0 aromatic heterocycles. The predicted molar refractivity (Wildman–Crippen MR) is 71.8 cm³/mol. The molecule has 98 valence electrons. The van der Waals surface area contributed by atoms with Crippen LogP contribution in [0, 0.1) is 0 Å². The third kappa shape index (κ3) is 4.07. The Labute approximate surface area is 111 Å². The number of rotatable bonds is 6. The van der Waals surface area contributed by atoms with Gasteiger partial charge in [0.25, 0.3) is 0 Å². The molecule has 0 aliphatic heterocycles. The van der Waals surface area contributed by atoms with Gasteiger partial charge < -0.3 is 10.4 Å². The van der Waals surface area contributed by atoms with E-state index < -0.39 is 12.0 Å². The average molecular weight is 267 g/mol. The smallest absolute Gasteiger partial charge is 0.326 e. The van der Waals surface area contributed by atoms with Crippen molar-refractivity contribution in [2.45, 2.75) is 30.7 Å². The van der Waals surface area contributed by atoms with E-state index in [1.54, 1.807) is 18.7 Å². The SMILES string of the molecule is CCC(NC(=O)Cc1ccccc1SC)C(=O)O. The van der Waals surface area contributed by atoms with Crippen LogP contribution in [-0.4, -0.2) is 29.3 Å². The van der Waals surface area contributed by atoms with Crippen LogP contribution in [-0.2, 0) is 16.0 Å². The summed E-state index contributed by atoms with van der Waals surface area (Å²) in [5.41, 5.74) is 0.919. The first-order valence-corrected chi connectivity index (χ1v) is 6.95. The molecule has 1 aromatic carbocycles. The van der Waals surface area contributed by atoms with E-state index in [0.717, 1.165) is 10.5 Å². The van der Waals surface area contributed by atoms with Gasteiger partial charge in [0.1, 0.15) is 6.04 Å². The van der Waals surface area contributed by atoms with Crippen LogP contribution in [0.2, 0.25) is 0 Å². The highest BCUT2D eigenvalue weighted by Crippen LogP contribution is 2.20. The lowest BCUT2D eigenvalue weighted by Gasteiger charge is -2.13. The fraction of sp³-hybridized carbons (Fsp3) is 0.385. The van der Waals surface area contributed by atoms with Crippen molar-refractivity contribution in [3.8, 4) is 0 Å². The normalized spacial score (nSPS) is 11.9. The van der Waals surface area contributed by atoms with Gasteiger partial charge >= 0.3 is 5.97 Å². The number of carboxylic acids is 1. The molecule has 5 heteroatoms. The number of carboxylic acid groups (broad SMARTS) is 1. The quantitative estimate of drug-likeness (QED) is 0.773. The first kappa shape index (κ1) is 14.6. The molecule has 0 saturated carbocycles. The monoisotopic (exact) mass is 267 g/mol. The Morgan fingerprint density at radius 3 is 2.61 bits per heavy atom. The van der Waals surface area contributed by atoms with E-state index in [1.807, 2.05) is 30.5 Å². The molecule has 1 aromatic rings. The Hall–Kier alpha value is -1.49. The molecule has 0 aliphatic carbocycles. The maximum atomic E-state index is 11.8. The number of thioether (sulfide) groups is 1. The first-order valence-electron chi connectivity index (χ1n) is 5.72. The van der Waals surface area contributed by atoms with Crippen LogP contribution < -0.4 is 5.32 Å². The van der Waals surface area contributed by atoms with Crippen molar-refractivity contribution < 1.29 is 14.7 Å². The lowest BCUT2D eigenvalue weighted by Crippen LogP contribution is -2.41. The Balaban J connectivity index is 2.67. The van der Waals surface area contributed by atoms with E-state index in [-0.39, 0.29) is 12.3 Å². The molecular weight excluding hydrogens is 250 g/mol. The molecule has 1 rings (SSSR count). The molecule has 4 nitrogen and oxygen atoms in total. The van der Waals surface area contributed by atoms with Gasteiger partial charge in [0.15, 0.2) is 0 Å². The molecule has 0 fully saturated rings. The molecule has 1 amide bonds. The summed E-state index contributed by atoms with van der Waals surface area (Å²) in [4.78, 5) is 23.6. The fourth-order valence-corrected chi connectivity index (χ4v) is 2.22. The van der Waals surface area contributed by atoms with Gasteiger partial charge in [-0.05, 0) is 24.3 Å². The van der Waals surface area contributed by atoms with Crippen LogP contribution in [0.3, 0.4) is 0 Å². The molecule has 2 N–H and O–H groups in total. The van der Waals surface area contributed by atoms with Gasteiger partial charge in [-0.1, -0.05) is 25.1 Å². The maximum absolute atomic E-state index is 11.8. The van der Waals surface area contributed by atoms with Gasteiger partial charge in [-0.2, -0.15) is 0 Å². The Morgan fingerprint density at radius 1 is 1.39 bits per heavy atom. The van der Waals surface area contributed by atoms with Crippen LogP contribution in [0.4, 0.5) is 0 Å². The lowest BCUT2D eigenvalue weighted by molar-refractivity contribution is -0.141. The van der Waals surface area contributed by atoms with E-state index >= 15 is 0 Å². The average Bonchev–Trinajstić information content (AvgIpc) is 2.36. The summed E-state index contributed by atoms with van der Waals surface area (Å²) in [6, 6.07) is 6.81. The molecule has 0 spiro atoms. The van der Waals surface area contributed by atoms with Crippen molar-refractivity contribution in [1.82, 2.24) is 5.32 Å². The van der Waals surface area contributed by atoms with Crippen LogP contribution >= 0.6 is 11.8 Å². The highest BCUT2D eigenvalue weighted by molar-refractivity contribution is 7.98. The topological polar surface area (TPSA) is 66.4 Å². The molecule has 1 atom stereocenters. The van der Waals surface area contributed by atoms with Crippen molar-refractivity contribution in [3.63, 3.8) is 0 Å². The van der Waals surface area contributed by atoms with Gasteiger partial charge in [0.05, 0.1) is 6.42 Å². The Kier molecular flexibility index (Phi) is 5.71. The van der Waals surface area contributed by atoms with Gasteiger partial charge in [0.2, 0.25) is 5.91 Å². The van der Waals surface area contributed by atoms with Crippen LogP contribution in [0.5, 0.6) is 0 Å². The number of amides is 1. The van der Waals surface area contributed by atoms with Gasteiger partial charge in [-0.3, -0.25) is 4.79 Å². The summed E-state index contributed by atoms with van der Waals surface area (Å²) >= 11 is 1.57. The number of hydrogen-bond acceptors (Lipinski definition) is 3. The second-order valence-corrected chi connectivity index (χ2v) is 4.70. The third-order valence-electron chi connectivity index (χ3n) is 2.59. The van der Waals surface area contributed by atoms with Crippen molar-refractivity contribution in [1.29, 1.82) is 0 Å². The number of aliphatic carboxylic acids is 1. The van der Waals surface area contributed by atoms with Crippen molar-refractivity contribution in [2.75, 3.05) is 6.26 Å². The predicted octanol–water partition coefficient (Wildman–Crippen LogP) is 1.93. The van der Waals surface area contributed by atoms with Crippen LogP contribution in [0.25, 0.3) is 0 Å². The fourth-order valence-electron chi connectivity index (χ4n) is 1.61. The summed E-state index contributed by atoms with van der Waals surface area (Å²) in [5, 5.41) is 11.4. The molecule has 0 saturated heterocycles. The van der Waals surface area contributed by atoms with Crippen molar-refractivity contribution in [3.05, 3.63) is 29.8 Å². The van der Waals surface area contributed by atoms with Gasteiger partial charge in [0, 0.05) is 4.90 Å². The van der Waals surface area contributed by atoms with E-state index in [1.165, 1.54) is 0 Å². The Morgan fingerprint density at radius 2 is 2.06 bits per heavy atom. The molecule has 0 radical (unpaired) electrons. The lowest BCUT2D eigenvalue weighted by atomic mass is 10.1. The number of nitrogens with one attached hydrogen (secondary N) is 1. The summed E-state index contributed by atoms with van der Waals surface area (Å²) in [7, 11) is 0. The zero-order valence-corrected chi connectivity index (χ0v) is 11.3. The highest BCUT2D eigenvalue weighted by Gasteiger charge is 2.18. The number of benzene rings is 1. The zero-order valence-electron chi connectivity index (χ0n) is 10.5. The molecule has 1 unspecified atom stereocenters. The second-order valence-electron chi connectivity index (χ2n) is 3.86. The molecule has 0 heterocycles.